The molecule has 0 spiro atoms. The van der Waals surface area contributed by atoms with Gasteiger partial charge in [0.25, 0.3) is 0 Å². The summed E-state index contributed by atoms with van der Waals surface area (Å²) >= 11 is 0. The van der Waals surface area contributed by atoms with Gasteiger partial charge in [-0.2, -0.15) is 0 Å². The molecule has 0 fully saturated rings. The molecule has 0 heterocycles. The van der Waals surface area contributed by atoms with Crippen LogP contribution in [0.2, 0.25) is 0 Å². The Labute approximate surface area is 123 Å². The van der Waals surface area contributed by atoms with Crippen molar-refractivity contribution in [3.63, 3.8) is 0 Å². The van der Waals surface area contributed by atoms with Crippen molar-refractivity contribution < 1.29 is 14.3 Å². The lowest BCUT2D eigenvalue weighted by atomic mass is 9.87. The van der Waals surface area contributed by atoms with E-state index < -0.39 is 11.4 Å². The summed E-state index contributed by atoms with van der Waals surface area (Å²) < 4.78 is 4.99. The summed E-state index contributed by atoms with van der Waals surface area (Å²) in [5, 5.41) is 0. The van der Waals surface area contributed by atoms with Gasteiger partial charge in [0, 0.05) is 13.1 Å². The van der Waals surface area contributed by atoms with Gasteiger partial charge >= 0.3 is 5.97 Å². The highest BCUT2D eigenvalue weighted by Crippen LogP contribution is 2.20. The molecule has 0 aliphatic rings. The van der Waals surface area contributed by atoms with Crippen molar-refractivity contribution in [2.75, 3.05) is 26.2 Å². The van der Waals surface area contributed by atoms with E-state index in [-0.39, 0.29) is 5.78 Å². The third-order valence-corrected chi connectivity index (χ3v) is 3.10. The highest BCUT2D eigenvalue weighted by Gasteiger charge is 2.37. The molecule has 0 aromatic carbocycles. The van der Waals surface area contributed by atoms with Crippen molar-refractivity contribution in [2.45, 2.75) is 48.5 Å². The first-order valence-corrected chi connectivity index (χ1v) is 7.54. The largest absolute Gasteiger partial charge is 0.465 e. The number of hydrogen-bond donors (Lipinski definition) is 0. The monoisotopic (exact) mass is 285 g/mol. The van der Waals surface area contributed by atoms with Gasteiger partial charge in [-0.3, -0.25) is 14.5 Å². The van der Waals surface area contributed by atoms with Gasteiger partial charge in [-0.1, -0.05) is 27.7 Å². The molecule has 0 amide bonds. The fraction of sp³-hybridized carbons (Fsp3) is 0.875. The van der Waals surface area contributed by atoms with Crippen LogP contribution >= 0.6 is 0 Å². The number of ketones is 1. The molecule has 0 atom stereocenters. The number of carbonyl (C=O) groups excluding carboxylic acids is 2. The number of carbonyl (C=O) groups is 2. The van der Waals surface area contributed by atoms with E-state index in [0.717, 1.165) is 13.1 Å². The molecule has 0 rings (SSSR count). The zero-order valence-corrected chi connectivity index (χ0v) is 14.2. The van der Waals surface area contributed by atoms with E-state index >= 15 is 0 Å². The first-order chi connectivity index (χ1) is 9.11. The predicted octanol–water partition coefficient (Wildman–Crippen LogP) is 2.76. The van der Waals surface area contributed by atoms with Crippen molar-refractivity contribution in [3.05, 3.63) is 0 Å². The maximum atomic E-state index is 12.4. The van der Waals surface area contributed by atoms with Crippen LogP contribution in [0.15, 0.2) is 0 Å². The molecular formula is C16H31NO3. The zero-order chi connectivity index (χ0) is 15.9. The van der Waals surface area contributed by atoms with Crippen LogP contribution in [0.3, 0.4) is 0 Å². The van der Waals surface area contributed by atoms with Gasteiger partial charge in [-0.05, 0) is 32.6 Å². The van der Waals surface area contributed by atoms with Gasteiger partial charge in [-0.15, -0.1) is 0 Å². The smallest absolute Gasteiger partial charge is 0.319 e. The van der Waals surface area contributed by atoms with Crippen LogP contribution < -0.4 is 0 Å². The summed E-state index contributed by atoms with van der Waals surface area (Å²) in [6.45, 7) is 15.9. The lowest BCUT2D eigenvalue weighted by Gasteiger charge is -2.29. The highest BCUT2D eigenvalue weighted by molar-refractivity contribution is 6.03. The van der Waals surface area contributed by atoms with Gasteiger partial charge in [-0.25, -0.2) is 0 Å². The summed E-state index contributed by atoms with van der Waals surface area (Å²) in [7, 11) is 0. The number of rotatable bonds is 9. The molecule has 0 aromatic heterocycles. The highest BCUT2D eigenvalue weighted by atomic mass is 16.5. The molecule has 0 aliphatic carbocycles. The van der Waals surface area contributed by atoms with E-state index in [4.69, 9.17) is 4.74 Å². The summed E-state index contributed by atoms with van der Waals surface area (Å²) in [6, 6.07) is 0. The molecule has 118 valence electrons. The van der Waals surface area contributed by atoms with Gasteiger partial charge < -0.3 is 4.74 Å². The van der Waals surface area contributed by atoms with Crippen LogP contribution in [0.5, 0.6) is 0 Å². The number of nitrogens with zero attached hydrogens (tertiary/aromatic N) is 1. The minimum Gasteiger partial charge on any atom is -0.465 e. The van der Waals surface area contributed by atoms with E-state index in [1.54, 1.807) is 20.8 Å². The maximum Gasteiger partial charge on any atom is 0.319 e. The number of Topliss-reactive ketones (excluding diaryl/α,β-unsaturated/α-hetero) is 1. The molecule has 0 aliphatic heterocycles. The molecule has 4 heteroatoms. The second-order valence-electron chi connectivity index (χ2n) is 6.75. The number of esters is 1. The predicted molar refractivity (Wildman–Crippen MR) is 81.5 cm³/mol. The maximum absolute atomic E-state index is 12.4. The third-order valence-electron chi connectivity index (χ3n) is 3.10. The molecular weight excluding hydrogens is 254 g/mol. The van der Waals surface area contributed by atoms with Crippen LogP contribution in [0.1, 0.15) is 48.5 Å². The number of ether oxygens (including phenoxy) is 1. The molecule has 0 unspecified atom stereocenters. The average molecular weight is 285 g/mol. The fourth-order valence-electron chi connectivity index (χ4n) is 2.06. The quantitative estimate of drug-likeness (QED) is 0.483. The topological polar surface area (TPSA) is 46.6 Å². The second-order valence-corrected chi connectivity index (χ2v) is 6.75. The fourth-order valence-corrected chi connectivity index (χ4v) is 2.06. The Morgan fingerprint density at radius 1 is 1.05 bits per heavy atom. The first-order valence-electron chi connectivity index (χ1n) is 7.54. The minimum atomic E-state index is -1.07. The van der Waals surface area contributed by atoms with Crippen LogP contribution in [-0.2, 0) is 14.3 Å². The van der Waals surface area contributed by atoms with Crippen LogP contribution in [0, 0.1) is 17.3 Å². The summed E-state index contributed by atoms with van der Waals surface area (Å²) in [5.74, 6) is 0.482. The first kappa shape index (κ1) is 19.1. The van der Waals surface area contributed by atoms with E-state index in [9.17, 15) is 9.59 Å². The molecule has 0 N–H and O–H groups in total. The van der Waals surface area contributed by atoms with Gasteiger partial charge in [0.15, 0.2) is 5.78 Å². The van der Waals surface area contributed by atoms with Crippen LogP contribution in [-0.4, -0.2) is 42.9 Å². The van der Waals surface area contributed by atoms with Crippen molar-refractivity contribution in [1.29, 1.82) is 0 Å². The molecule has 0 saturated heterocycles. The van der Waals surface area contributed by atoms with Crippen molar-refractivity contribution >= 4 is 11.8 Å². The van der Waals surface area contributed by atoms with Crippen molar-refractivity contribution in [1.82, 2.24) is 4.90 Å². The third kappa shape index (κ3) is 6.51. The Hall–Kier alpha value is -0.900. The summed E-state index contributed by atoms with van der Waals surface area (Å²) in [5.41, 5.74) is -1.07. The Kier molecular flexibility index (Phi) is 8.02. The zero-order valence-electron chi connectivity index (χ0n) is 14.2. The Balaban J connectivity index is 4.76. The van der Waals surface area contributed by atoms with E-state index in [2.05, 4.69) is 32.6 Å². The molecule has 0 aromatic rings. The van der Waals surface area contributed by atoms with Gasteiger partial charge in [0.1, 0.15) is 5.41 Å². The lowest BCUT2D eigenvalue weighted by molar-refractivity contribution is -0.158. The van der Waals surface area contributed by atoms with E-state index in [0.29, 0.717) is 25.0 Å². The Morgan fingerprint density at radius 3 is 1.85 bits per heavy atom. The van der Waals surface area contributed by atoms with Crippen LogP contribution in [0.4, 0.5) is 0 Å². The summed E-state index contributed by atoms with van der Waals surface area (Å²) in [6.07, 6.45) is 0. The number of hydrogen-bond acceptors (Lipinski definition) is 4. The van der Waals surface area contributed by atoms with Crippen molar-refractivity contribution in [3.8, 4) is 0 Å². The second kappa shape index (κ2) is 8.40. The van der Waals surface area contributed by atoms with Crippen molar-refractivity contribution in [2.24, 2.45) is 17.3 Å². The molecule has 4 nitrogen and oxygen atoms in total. The van der Waals surface area contributed by atoms with Crippen LogP contribution in [0.25, 0.3) is 0 Å². The van der Waals surface area contributed by atoms with E-state index in [1.165, 1.54) is 0 Å². The minimum absolute atomic E-state index is 0.0720. The average Bonchev–Trinajstić information content (AvgIpc) is 2.26. The lowest BCUT2D eigenvalue weighted by Crippen LogP contribution is -2.44. The van der Waals surface area contributed by atoms with E-state index in [1.807, 2.05) is 0 Å². The Morgan fingerprint density at radius 2 is 1.50 bits per heavy atom. The molecule has 20 heavy (non-hydrogen) atoms. The van der Waals surface area contributed by atoms with Gasteiger partial charge in [0.05, 0.1) is 13.2 Å². The Bertz CT molecular complexity index is 312. The molecule has 0 saturated carbocycles. The standard InChI is InChI=1S/C16H31NO3/c1-8-20-15(19)16(6,7)14(18)11-17(9-12(2)3)10-13(4)5/h12-13H,8-11H2,1-7H3. The SMILES string of the molecule is CCOC(=O)C(C)(C)C(=O)CN(CC(C)C)CC(C)C. The summed E-state index contributed by atoms with van der Waals surface area (Å²) in [4.78, 5) is 26.4. The molecule has 0 radical (unpaired) electrons. The molecule has 0 bridgehead atoms. The normalized spacial score (nSPS) is 12.3. The van der Waals surface area contributed by atoms with Gasteiger partial charge in [0.2, 0.25) is 0 Å².